The molecule has 8 rings (SSSR count). The Balaban J connectivity index is 1.37. The lowest BCUT2D eigenvalue weighted by atomic mass is 9.67. The van der Waals surface area contributed by atoms with E-state index < -0.39 is 5.41 Å². The van der Waals surface area contributed by atoms with Crippen molar-refractivity contribution in [3.05, 3.63) is 186 Å². The predicted molar refractivity (Wildman–Crippen MR) is 179 cm³/mol. The van der Waals surface area contributed by atoms with Crippen LogP contribution >= 0.6 is 0 Å². The maximum Gasteiger partial charge on any atom is 0.124 e. The Bertz CT molecular complexity index is 2100. The number of fused-ring (bicyclic) bond motifs is 4. The summed E-state index contributed by atoms with van der Waals surface area (Å²) in [6, 6.07) is 56.3. The van der Waals surface area contributed by atoms with Crippen LogP contribution in [0, 0.1) is 6.92 Å². The second-order valence-electron chi connectivity index (χ2n) is 11.5. The van der Waals surface area contributed by atoms with Crippen LogP contribution in [0.4, 0.5) is 0 Å². The van der Waals surface area contributed by atoms with Crippen molar-refractivity contribution in [2.75, 3.05) is 0 Å². The van der Waals surface area contributed by atoms with Crippen LogP contribution < -0.4 is 0 Å². The highest BCUT2D eigenvalue weighted by atomic mass is 16.3. The lowest BCUT2D eigenvalue weighted by molar-refractivity contribution is 0.482. The van der Waals surface area contributed by atoms with Gasteiger partial charge in [0.2, 0.25) is 0 Å². The molecule has 0 saturated carbocycles. The van der Waals surface area contributed by atoms with E-state index in [9.17, 15) is 5.11 Å². The monoisotopic (exact) mass is 550 g/mol. The molecule has 0 fully saturated rings. The maximum atomic E-state index is 10.8. The molecule has 0 aliphatic heterocycles. The second-order valence-corrected chi connectivity index (χ2v) is 11.5. The van der Waals surface area contributed by atoms with Crippen molar-refractivity contribution in [2.45, 2.75) is 12.3 Å². The number of phenolic OH excluding ortho intramolecular Hbond substituents is 1. The smallest absolute Gasteiger partial charge is 0.124 e. The zero-order valence-electron chi connectivity index (χ0n) is 24.0. The fraction of sp³-hybridized carbons (Fsp3) is 0.0476. The summed E-state index contributed by atoms with van der Waals surface area (Å²) in [5, 5.41) is 12.7. The molecule has 1 heteroatoms. The number of aromatic hydroxyl groups is 1. The van der Waals surface area contributed by atoms with Gasteiger partial charge in [-0.25, -0.2) is 0 Å². The van der Waals surface area contributed by atoms with Gasteiger partial charge in [0.15, 0.2) is 0 Å². The first-order valence-corrected chi connectivity index (χ1v) is 14.8. The van der Waals surface area contributed by atoms with E-state index in [0.717, 1.165) is 21.9 Å². The van der Waals surface area contributed by atoms with Gasteiger partial charge in [0.1, 0.15) is 5.75 Å². The van der Waals surface area contributed by atoms with E-state index in [-0.39, 0.29) is 0 Å². The van der Waals surface area contributed by atoms with Gasteiger partial charge in [-0.3, -0.25) is 0 Å². The van der Waals surface area contributed by atoms with Gasteiger partial charge >= 0.3 is 0 Å². The molecule has 1 N–H and O–H groups in total. The van der Waals surface area contributed by atoms with E-state index in [1.54, 1.807) is 6.07 Å². The molecule has 1 aliphatic carbocycles. The second kappa shape index (κ2) is 9.86. The normalized spacial score (nSPS) is 13.0. The van der Waals surface area contributed by atoms with Crippen LogP contribution in [0.5, 0.6) is 5.75 Å². The van der Waals surface area contributed by atoms with E-state index >= 15 is 0 Å². The summed E-state index contributed by atoms with van der Waals surface area (Å²) < 4.78 is 0. The molecule has 0 unspecified atom stereocenters. The number of aryl methyl sites for hydroxylation is 1. The minimum absolute atomic E-state index is 0.312. The fourth-order valence-corrected chi connectivity index (χ4v) is 7.41. The third-order valence-electron chi connectivity index (χ3n) is 9.19. The highest BCUT2D eigenvalue weighted by Crippen LogP contribution is 2.58. The van der Waals surface area contributed by atoms with Gasteiger partial charge in [0.25, 0.3) is 0 Å². The summed E-state index contributed by atoms with van der Waals surface area (Å²) in [6.07, 6.45) is 0. The first kappa shape index (κ1) is 25.3. The Morgan fingerprint density at radius 1 is 0.465 bits per heavy atom. The standard InChI is InChI=1S/C42H30O/c1-28-27-30(25-26-33(28)35-21-10-13-29-14-11-24-39(43)40(29)35)34-20-12-23-38-41(34)36-19-8-9-22-37(36)42(38,31-15-4-2-5-16-31)32-17-6-3-7-18-32/h2-27,43H,1H3. The van der Waals surface area contributed by atoms with E-state index in [1.807, 2.05) is 6.07 Å². The molecule has 7 aromatic carbocycles. The Morgan fingerprint density at radius 3 is 1.77 bits per heavy atom. The van der Waals surface area contributed by atoms with Crippen molar-refractivity contribution < 1.29 is 5.11 Å². The number of hydrogen-bond acceptors (Lipinski definition) is 1. The van der Waals surface area contributed by atoms with Gasteiger partial charge in [0.05, 0.1) is 5.41 Å². The zero-order valence-corrected chi connectivity index (χ0v) is 24.0. The SMILES string of the molecule is Cc1cc(-c2cccc3c2-c2ccccc2C3(c2ccccc2)c2ccccc2)ccc1-c1cccc2cccc(O)c12. The molecule has 0 amide bonds. The summed E-state index contributed by atoms with van der Waals surface area (Å²) >= 11 is 0. The van der Waals surface area contributed by atoms with Crippen molar-refractivity contribution in [3.63, 3.8) is 0 Å². The molecule has 0 atom stereocenters. The first-order chi connectivity index (χ1) is 21.2. The molecule has 1 aliphatic rings. The van der Waals surface area contributed by atoms with Gasteiger partial charge in [-0.05, 0) is 79.6 Å². The van der Waals surface area contributed by atoms with E-state index in [0.29, 0.717) is 5.75 Å². The summed E-state index contributed by atoms with van der Waals surface area (Å²) in [4.78, 5) is 0. The number of rotatable bonds is 4. The van der Waals surface area contributed by atoms with Crippen molar-refractivity contribution in [1.29, 1.82) is 0 Å². The molecule has 0 bridgehead atoms. The Hall–Kier alpha value is -5.40. The summed E-state index contributed by atoms with van der Waals surface area (Å²) in [7, 11) is 0. The zero-order chi connectivity index (χ0) is 29.0. The number of phenols is 1. The van der Waals surface area contributed by atoms with Gasteiger partial charge in [-0.2, -0.15) is 0 Å². The Labute approximate surface area is 252 Å². The van der Waals surface area contributed by atoms with Crippen LogP contribution in [0.1, 0.15) is 27.8 Å². The molecule has 1 nitrogen and oxygen atoms in total. The van der Waals surface area contributed by atoms with Gasteiger partial charge in [0, 0.05) is 5.39 Å². The molecule has 0 aromatic heterocycles. The molecule has 43 heavy (non-hydrogen) atoms. The number of benzene rings is 7. The Kier molecular flexibility index (Phi) is 5.80. The maximum absolute atomic E-state index is 10.8. The lowest BCUT2D eigenvalue weighted by Crippen LogP contribution is -2.28. The first-order valence-electron chi connectivity index (χ1n) is 14.8. The van der Waals surface area contributed by atoms with E-state index in [2.05, 4.69) is 153 Å². The molecule has 204 valence electrons. The average Bonchev–Trinajstić information content (AvgIpc) is 3.37. The van der Waals surface area contributed by atoms with E-state index in [1.165, 1.54) is 50.1 Å². The van der Waals surface area contributed by atoms with Crippen molar-refractivity contribution in [2.24, 2.45) is 0 Å². The van der Waals surface area contributed by atoms with Gasteiger partial charge in [-0.15, -0.1) is 0 Å². The molecule has 0 radical (unpaired) electrons. The fourth-order valence-electron chi connectivity index (χ4n) is 7.41. The average molecular weight is 551 g/mol. The molecule has 0 spiro atoms. The third-order valence-corrected chi connectivity index (χ3v) is 9.19. The Morgan fingerprint density at radius 2 is 1.05 bits per heavy atom. The van der Waals surface area contributed by atoms with E-state index in [4.69, 9.17) is 0 Å². The summed E-state index contributed by atoms with van der Waals surface area (Å²) in [5.74, 6) is 0.312. The highest BCUT2D eigenvalue weighted by Gasteiger charge is 2.46. The third kappa shape index (κ3) is 3.72. The predicted octanol–water partition coefficient (Wildman–Crippen LogP) is 10.6. The van der Waals surface area contributed by atoms with Gasteiger partial charge in [-0.1, -0.05) is 152 Å². The van der Waals surface area contributed by atoms with Crippen molar-refractivity contribution >= 4 is 10.8 Å². The summed E-state index contributed by atoms with van der Waals surface area (Å²) in [5.41, 5.74) is 13.1. The van der Waals surface area contributed by atoms with Crippen LogP contribution in [0.2, 0.25) is 0 Å². The minimum Gasteiger partial charge on any atom is -0.507 e. The van der Waals surface area contributed by atoms with Crippen LogP contribution in [0.25, 0.3) is 44.2 Å². The van der Waals surface area contributed by atoms with Crippen LogP contribution in [-0.2, 0) is 5.41 Å². The largest absolute Gasteiger partial charge is 0.507 e. The highest BCUT2D eigenvalue weighted by molar-refractivity contribution is 6.02. The van der Waals surface area contributed by atoms with Crippen LogP contribution in [-0.4, -0.2) is 5.11 Å². The topological polar surface area (TPSA) is 20.2 Å². The molecule has 0 heterocycles. The lowest BCUT2D eigenvalue weighted by Gasteiger charge is -2.34. The molecular formula is C42H30O. The molecular weight excluding hydrogens is 520 g/mol. The molecule has 0 saturated heterocycles. The van der Waals surface area contributed by atoms with Crippen molar-refractivity contribution in [3.8, 4) is 39.1 Å². The molecule has 7 aromatic rings. The van der Waals surface area contributed by atoms with Gasteiger partial charge < -0.3 is 5.11 Å². The van der Waals surface area contributed by atoms with Crippen molar-refractivity contribution in [1.82, 2.24) is 0 Å². The minimum atomic E-state index is -0.417. The van der Waals surface area contributed by atoms with Crippen LogP contribution in [0.15, 0.2) is 158 Å². The number of hydrogen-bond donors (Lipinski definition) is 1. The van der Waals surface area contributed by atoms with Crippen LogP contribution in [0.3, 0.4) is 0 Å². The quantitative estimate of drug-likeness (QED) is 0.231. The summed E-state index contributed by atoms with van der Waals surface area (Å²) in [6.45, 7) is 2.17.